The number of hydrogen-bond donors (Lipinski definition) is 3. The molecule has 7 atom stereocenters. The van der Waals surface area contributed by atoms with Crippen LogP contribution in [0.15, 0.2) is 0 Å². The molecule has 0 spiro atoms. The monoisotopic (exact) mass is 1690 g/mol. The van der Waals surface area contributed by atoms with Gasteiger partial charge in [-0.25, -0.2) is 9.13 Å². The van der Waals surface area contributed by atoms with Crippen LogP contribution in [0.5, 0.6) is 0 Å². The second-order valence-corrected chi connectivity index (χ2v) is 38.2. The largest absolute Gasteiger partial charge is 0.472 e. The molecule has 3 N–H and O–H groups in total. The molecule has 0 aliphatic heterocycles. The number of phosphoric ester groups is 2. The van der Waals surface area contributed by atoms with Crippen molar-refractivity contribution >= 4 is 39.5 Å². The van der Waals surface area contributed by atoms with E-state index in [0.717, 1.165) is 102 Å². The smallest absolute Gasteiger partial charge is 0.462 e. The lowest BCUT2D eigenvalue weighted by molar-refractivity contribution is -0.161. The van der Waals surface area contributed by atoms with Crippen molar-refractivity contribution < 1.29 is 80.2 Å². The lowest BCUT2D eigenvalue weighted by Gasteiger charge is -2.21. The number of aliphatic hydroxyl groups is 1. The molecule has 690 valence electrons. The van der Waals surface area contributed by atoms with E-state index in [1.54, 1.807) is 0 Å². The summed E-state index contributed by atoms with van der Waals surface area (Å²) >= 11 is 0. The van der Waals surface area contributed by atoms with Crippen molar-refractivity contribution in [2.45, 2.75) is 548 Å². The summed E-state index contributed by atoms with van der Waals surface area (Å²) in [6, 6.07) is 0. The SMILES string of the molecule is CCCCCCCCCCCCCCCCCCCCCC(=O)O[C@H](COC(=O)CCCCCCCCCCCCCCC)COP(=O)(O)OC[C@H](O)COP(=O)(O)OC[C@@H](COC(=O)CCCCCCCCCCCCCCCCCCCCC(C)CC)OC(=O)CCCCCCCCCCCCCCCCCCCCC(C)CC. The van der Waals surface area contributed by atoms with Crippen molar-refractivity contribution in [3.63, 3.8) is 0 Å². The molecule has 0 heterocycles. The molecular formula is C97H190O17P2. The Kier molecular flexibility index (Phi) is 86.5. The first-order chi connectivity index (χ1) is 56.4. The van der Waals surface area contributed by atoms with Gasteiger partial charge in [0.05, 0.1) is 26.4 Å². The number of aliphatic hydroxyl groups excluding tert-OH is 1. The Labute approximate surface area is 715 Å². The van der Waals surface area contributed by atoms with Gasteiger partial charge >= 0.3 is 39.5 Å². The fourth-order valence-corrected chi connectivity index (χ4v) is 16.9. The molecule has 0 saturated heterocycles. The molecule has 19 heteroatoms. The molecule has 116 heavy (non-hydrogen) atoms. The van der Waals surface area contributed by atoms with Gasteiger partial charge in [-0.05, 0) is 37.5 Å². The highest BCUT2D eigenvalue weighted by atomic mass is 31.2. The molecule has 0 fully saturated rings. The molecule has 0 aliphatic carbocycles. The zero-order chi connectivity index (χ0) is 84.8. The van der Waals surface area contributed by atoms with E-state index < -0.39 is 97.5 Å². The number of carbonyl (C=O) groups is 4. The number of hydrogen-bond acceptors (Lipinski definition) is 15. The number of unbranched alkanes of at least 4 members (excludes halogenated alkanes) is 64. The Morgan fingerprint density at radius 1 is 0.241 bits per heavy atom. The van der Waals surface area contributed by atoms with Gasteiger partial charge in [0.15, 0.2) is 12.2 Å². The minimum Gasteiger partial charge on any atom is -0.462 e. The Morgan fingerprint density at radius 2 is 0.414 bits per heavy atom. The summed E-state index contributed by atoms with van der Waals surface area (Å²) in [5.74, 6) is -0.342. The summed E-state index contributed by atoms with van der Waals surface area (Å²) in [7, 11) is -9.94. The van der Waals surface area contributed by atoms with Crippen LogP contribution in [0.2, 0.25) is 0 Å². The van der Waals surface area contributed by atoms with Gasteiger partial charge in [-0.2, -0.15) is 0 Å². The van der Waals surface area contributed by atoms with Crippen molar-refractivity contribution in [2.75, 3.05) is 39.6 Å². The highest BCUT2D eigenvalue weighted by Gasteiger charge is 2.31. The van der Waals surface area contributed by atoms with Gasteiger partial charge in [0.2, 0.25) is 0 Å². The minimum atomic E-state index is -4.97. The highest BCUT2D eigenvalue weighted by Crippen LogP contribution is 2.45. The molecular weight excluding hydrogens is 1500 g/mol. The van der Waals surface area contributed by atoms with Gasteiger partial charge in [-0.15, -0.1) is 0 Å². The van der Waals surface area contributed by atoms with Crippen molar-refractivity contribution in [3.05, 3.63) is 0 Å². The third-order valence-electron chi connectivity index (χ3n) is 23.7. The van der Waals surface area contributed by atoms with E-state index in [2.05, 4.69) is 41.5 Å². The predicted octanol–water partition coefficient (Wildman–Crippen LogP) is 30.5. The third-order valence-corrected chi connectivity index (χ3v) is 25.6. The quantitative estimate of drug-likeness (QED) is 0.0222. The Bertz CT molecular complexity index is 2210. The predicted molar refractivity (Wildman–Crippen MR) is 483 cm³/mol. The molecule has 0 aromatic rings. The number of ether oxygens (including phenoxy) is 4. The van der Waals surface area contributed by atoms with Crippen LogP contribution in [-0.4, -0.2) is 96.7 Å². The number of rotatable bonds is 96. The fourth-order valence-electron chi connectivity index (χ4n) is 15.3. The van der Waals surface area contributed by atoms with Crippen molar-refractivity contribution in [3.8, 4) is 0 Å². The lowest BCUT2D eigenvalue weighted by Crippen LogP contribution is -2.30. The van der Waals surface area contributed by atoms with E-state index in [1.165, 1.54) is 347 Å². The number of phosphoric acid groups is 2. The average Bonchev–Trinajstić information content (AvgIpc) is 0.898. The van der Waals surface area contributed by atoms with E-state index in [0.29, 0.717) is 25.7 Å². The summed E-state index contributed by atoms with van der Waals surface area (Å²) < 4.78 is 69.3. The van der Waals surface area contributed by atoms with E-state index >= 15 is 0 Å². The molecule has 0 aromatic heterocycles. The first-order valence-electron chi connectivity index (χ1n) is 50.1. The summed E-state index contributed by atoms with van der Waals surface area (Å²) in [5.41, 5.74) is 0. The number of carbonyl (C=O) groups excluding carboxylic acids is 4. The van der Waals surface area contributed by atoms with E-state index in [1.807, 2.05) is 0 Å². The van der Waals surface area contributed by atoms with E-state index in [9.17, 15) is 43.2 Å². The van der Waals surface area contributed by atoms with E-state index in [4.69, 9.17) is 37.0 Å². The Hall–Kier alpha value is -1.94. The molecule has 17 nitrogen and oxygen atoms in total. The summed E-state index contributed by atoms with van der Waals surface area (Å²) in [4.78, 5) is 73.6. The van der Waals surface area contributed by atoms with Gasteiger partial charge in [-0.3, -0.25) is 37.3 Å². The third kappa shape index (κ3) is 87.0. The highest BCUT2D eigenvalue weighted by molar-refractivity contribution is 7.47. The van der Waals surface area contributed by atoms with Crippen LogP contribution in [0.1, 0.15) is 530 Å². The van der Waals surface area contributed by atoms with Crippen LogP contribution in [0.25, 0.3) is 0 Å². The first-order valence-corrected chi connectivity index (χ1v) is 53.1. The van der Waals surface area contributed by atoms with Gasteiger partial charge in [-0.1, -0.05) is 478 Å². The fraction of sp³-hybridized carbons (Fsp3) is 0.959. The van der Waals surface area contributed by atoms with Crippen LogP contribution in [0, 0.1) is 11.8 Å². The average molecular weight is 1690 g/mol. The van der Waals surface area contributed by atoms with Crippen LogP contribution in [0.4, 0.5) is 0 Å². The zero-order valence-corrected chi connectivity index (χ0v) is 78.6. The van der Waals surface area contributed by atoms with Gasteiger partial charge in [0, 0.05) is 25.7 Å². The Morgan fingerprint density at radius 3 is 0.612 bits per heavy atom. The molecule has 0 rings (SSSR count). The van der Waals surface area contributed by atoms with Crippen molar-refractivity contribution in [1.82, 2.24) is 0 Å². The normalized spacial score (nSPS) is 14.1. The molecule has 0 amide bonds. The molecule has 0 aliphatic rings. The van der Waals surface area contributed by atoms with Gasteiger partial charge in [0.25, 0.3) is 0 Å². The van der Waals surface area contributed by atoms with Crippen LogP contribution >= 0.6 is 15.6 Å². The number of esters is 4. The molecule has 0 radical (unpaired) electrons. The van der Waals surface area contributed by atoms with Crippen molar-refractivity contribution in [1.29, 1.82) is 0 Å². The van der Waals surface area contributed by atoms with Crippen LogP contribution < -0.4 is 0 Å². The Balaban J connectivity index is 5.25. The molecule has 0 saturated carbocycles. The zero-order valence-electron chi connectivity index (χ0n) is 76.8. The van der Waals surface area contributed by atoms with Crippen LogP contribution in [-0.2, 0) is 65.4 Å². The summed E-state index contributed by atoms with van der Waals surface area (Å²) in [6.45, 7) is 9.88. The maximum Gasteiger partial charge on any atom is 0.472 e. The molecule has 0 aromatic carbocycles. The first kappa shape index (κ1) is 114. The van der Waals surface area contributed by atoms with Gasteiger partial charge in [0.1, 0.15) is 19.3 Å². The van der Waals surface area contributed by atoms with Gasteiger partial charge < -0.3 is 33.8 Å². The van der Waals surface area contributed by atoms with E-state index in [-0.39, 0.29) is 25.7 Å². The minimum absolute atomic E-state index is 0.109. The second kappa shape index (κ2) is 87.9. The summed E-state index contributed by atoms with van der Waals surface area (Å²) in [5, 5.41) is 10.7. The maximum atomic E-state index is 13.2. The summed E-state index contributed by atoms with van der Waals surface area (Å²) in [6.07, 6.45) is 84.7. The molecule has 4 unspecified atom stereocenters. The van der Waals surface area contributed by atoms with Crippen LogP contribution in [0.3, 0.4) is 0 Å². The molecule has 0 bridgehead atoms. The standard InChI is InChI=1S/C97H190O17P2/c1-7-11-13-15-17-19-21-23-24-25-26-34-39-45-51-57-63-69-75-81-96(101)113-92(85-107-94(99)79-73-67-61-55-49-41-22-20-18-16-14-12-8-2)87-111-115(103,104)109-83-91(98)84-110-116(105,106)112-88-93(114-97(102)82-76-70-64-58-52-46-40-35-30-28-32-37-43-48-54-60-66-72-78-90(6)10-4)86-108-95(100)80-74-68-62-56-50-44-38-33-29-27-31-36-42-47-53-59-65-71-77-89(5)9-3/h89-93,98H,7-88H2,1-6H3,(H,103,104)(H,105,106)/t89?,90?,91-,92+,93+/m0/s1. The maximum absolute atomic E-state index is 13.2. The lowest BCUT2D eigenvalue weighted by atomic mass is 9.99. The van der Waals surface area contributed by atoms with Crippen molar-refractivity contribution in [2.24, 2.45) is 11.8 Å². The second-order valence-electron chi connectivity index (χ2n) is 35.3. The topological polar surface area (TPSA) is 237 Å².